The van der Waals surface area contributed by atoms with Gasteiger partial charge in [0.15, 0.2) is 6.23 Å². The lowest BCUT2D eigenvalue weighted by atomic mass is 9.94. The highest BCUT2D eigenvalue weighted by molar-refractivity contribution is 5.82. The van der Waals surface area contributed by atoms with Crippen molar-refractivity contribution in [2.75, 3.05) is 13.2 Å². The molecule has 1 rings (SSSR count). The van der Waals surface area contributed by atoms with Crippen molar-refractivity contribution in [2.45, 2.75) is 238 Å². The summed E-state index contributed by atoms with van der Waals surface area (Å²) < 4.78 is 6.14. The number of carbonyl (C=O) groups excluding carboxylic acids is 2. The Balaban J connectivity index is 2.71. The van der Waals surface area contributed by atoms with Crippen molar-refractivity contribution in [3.05, 3.63) is 0 Å². The number of hydrogen-bond acceptors (Lipinski definition) is 7. The maximum atomic E-state index is 13.8. The lowest BCUT2D eigenvalue weighted by Crippen LogP contribution is -2.69. The van der Waals surface area contributed by atoms with Gasteiger partial charge in [0.05, 0.1) is 12.6 Å². The molecule has 1 aliphatic rings. The number of nitrogens with one attached hydrogen (secondary N) is 1. The Bertz CT molecular complexity index is 845. The van der Waals surface area contributed by atoms with Gasteiger partial charge in [0, 0.05) is 13.0 Å². The summed E-state index contributed by atoms with van der Waals surface area (Å²) in [6.07, 6.45) is 26.4. The van der Waals surface area contributed by atoms with Crippen molar-refractivity contribution in [3.8, 4) is 0 Å². The molecule has 9 heteroatoms. The van der Waals surface area contributed by atoms with Crippen LogP contribution >= 0.6 is 0 Å². The Labute approximate surface area is 313 Å². The van der Waals surface area contributed by atoms with Crippen LogP contribution in [0.1, 0.15) is 201 Å². The lowest BCUT2D eigenvalue weighted by molar-refractivity contribution is -0.231. The van der Waals surface area contributed by atoms with Gasteiger partial charge in [0.2, 0.25) is 11.8 Å². The number of nitrogens with zero attached hydrogens (tertiary/aromatic N) is 1. The fourth-order valence-corrected chi connectivity index (χ4v) is 7.36. The molecule has 1 unspecified atom stereocenters. The number of amides is 2. The number of rotatable bonds is 33. The van der Waals surface area contributed by atoms with Gasteiger partial charge in [-0.3, -0.25) is 9.59 Å². The number of hydrogen-bond donors (Lipinski definition) is 5. The molecule has 1 aliphatic heterocycles. The fourth-order valence-electron chi connectivity index (χ4n) is 7.36. The average molecular weight is 726 g/mol. The molecule has 1 saturated heterocycles. The lowest BCUT2D eigenvalue weighted by Gasteiger charge is -2.47. The second kappa shape index (κ2) is 31.1. The highest BCUT2D eigenvalue weighted by Crippen LogP contribution is 2.26. The minimum absolute atomic E-state index is 0.0880. The van der Waals surface area contributed by atoms with Gasteiger partial charge in [-0.05, 0) is 25.2 Å². The second-order valence-electron chi connectivity index (χ2n) is 16.0. The van der Waals surface area contributed by atoms with Crippen LogP contribution in [0.4, 0.5) is 0 Å². The molecule has 0 spiro atoms. The molecule has 6 N–H and O–H groups in total. The molecule has 0 aromatic rings. The first-order chi connectivity index (χ1) is 24.7. The molecule has 0 aromatic carbocycles. The number of ether oxygens (including phenoxy) is 1. The zero-order chi connectivity index (χ0) is 37.7. The summed E-state index contributed by atoms with van der Waals surface area (Å²) in [5.74, 6) is -0.345. The first kappa shape index (κ1) is 47.8. The quantitative estimate of drug-likeness (QED) is 0.0428. The maximum Gasteiger partial charge on any atom is 0.237 e. The van der Waals surface area contributed by atoms with E-state index in [4.69, 9.17) is 10.5 Å². The predicted molar refractivity (Wildman–Crippen MR) is 210 cm³/mol. The third-order valence-corrected chi connectivity index (χ3v) is 10.6. The summed E-state index contributed by atoms with van der Waals surface area (Å²) in [5.41, 5.74) is 6.17. The van der Waals surface area contributed by atoms with Gasteiger partial charge < -0.3 is 36.0 Å². The molecule has 1 heterocycles. The van der Waals surface area contributed by atoms with Gasteiger partial charge >= 0.3 is 0 Å². The number of unbranched alkanes of at least 4 members (excludes halogenated alkanes) is 23. The summed E-state index contributed by atoms with van der Waals surface area (Å²) in [7, 11) is 0. The molecule has 9 nitrogen and oxygen atoms in total. The Morgan fingerprint density at radius 3 is 1.49 bits per heavy atom. The van der Waals surface area contributed by atoms with Gasteiger partial charge in [-0.2, -0.15) is 0 Å². The monoisotopic (exact) mass is 726 g/mol. The van der Waals surface area contributed by atoms with Crippen LogP contribution in [0.5, 0.6) is 0 Å². The van der Waals surface area contributed by atoms with Crippen molar-refractivity contribution in [1.29, 1.82) is 0 Å². The van der Waals surface area contributed by atoms with Crippen LogP contribution in [0.25, 0.3) is 0 Å². The largest absolute Gasteiger partial charge is 0.394 e. The zero-order valence-corrected chi connectivity index (χ0v) is 33.6. The van der Waals surface area contributed by atoms with Crippen LogP contribution in [-0.4, -0.2) is 81.8 Å². The van der Waals surface area contributed by atoms with E-state index in [0.29, 0.717) is 19.4 Å². The number of aliphatic hydroxyl groups excluding tert-OH is 3. The van der Waals surface area contributed by atoms with Crippen LogP contribution in [-0.2, 0) is 14.3 Å². The van der Waals surface area contributed by atoms with E-state index in [0.717, 1.165) is 38.5 Å². The number of nitrogens with two attached hydrogens (primary N) is 1. The Kier molecular flexibility index (Phi) is 29.1. The van der Waals surface area contributed by atoms with Crippen molar-refractivity contribution in [3.63, 3.8) is 0 Å². The SMILES string of the molecule is CCCCCCCCCCCCCCCCCCN(C(=O)CCCCCCCCCCC)C1O[C@H](CO)[C@@H](O)[C@H](O)[C@H]1NC(=O)[C@@H](N)CC(C)C. The van der Waals surface area contributed by atoms with E-state index in [2.05, 4.69) is 19.2 Å². The van der Waals surface area contributed by atoms with Crippen LogP contribution < -0.4 is 11.1 Å². The van der Waals surface area contributed by atoms with Gasteiger partial charge in [-0.1, -0.05) is 175 Å². The molecule has 1 fully saturated rings. The first-order valence-corrected chi connectivity index (χ1v) is 21.7. The molecule has 0 radical (unpaired) electrons. The molecular formula is C42H83N3O6. The molecule has 302 valence electrons. The van der Waals surface area contributed by atoms with Crippen LogP contribution in [0.2, 0.25) is 0 Å². The predicted octanol–water partition coefficient (Wildman–Crippen LogP) is 8.29. The molecule has 51 heavy (non-hydrogen) atoms. The molecule has 2 amide bonds. The zero-order valence-electron chi connectivity index (χ0n) is 33.6. The Morgan fingerprint density at radius 1 is 0.667 bits per heavy atom. The van der Waals surface area contributed by atoms with Gasteiger partial charge in [0.1, 0.15) is 24.4 Å². The normalized spacial score (nSPS) is 21.2. The Morgan fingerprint density at radius 2 is 1.08 bits per heavy atom. The summed E-state index contributed by atoms with van der Waals surface area (Å²) in [6, 6.07) is -1.86. The van der Waals surface area contributed by atoms with Crippen molar-refractivity contribution < 1.29 is 29.6 Å². The topological polar surface area (TPSA) is 145 Å². The summed E-state index contributed by atoms with van der Waals surface area (Å²) in [4.78, 5) is 28.6. The number of aliphatic hydroxyl groups is 3. The molecular weight excluding hydrogens is 642 g/mol. The van der Waals surface area contributed by atoms with Crippen LogP contribution in [0.15, 0.2) is 0 Å². The summed E-state index contributed by atoms with van der Waals surface area (Å²) in [5, 5.41) is 34.7. The van der Waals surface area contributed by atoms with E-state index in [-0.39, 0.29) is 11.8 Å². The first-order valence-electron chi connectivity index (χ1n) is 21.7. The highest BCUT2D eigenvalue weighted by Gasteiger charge is 2.48. The summed E-state index contributed by atoms with van der Waals surface area (Å²) >= 11 is 0. The maximum absolute atomic E-state index is 13.8. The fraction of sp³-hybridized carbons (Fsp3) is 0.952. The smallest absolute Gasteiger partial charge is 0.237 e. The van der Waals surface area contributed by atoms with Crippen molar-refractivity contribution in [2.24, 2.45) is 11.7 Å². The van der Waals surface area contributed by atoms with E-state index < -0.39 is 49.1 Å². The highest BCUT2D eigenvalue weighted by atomic mass is 16.5. The molecule has 0 aliphatic carbocycles. The number of carbonyl (C=O) groups is 2. The van der Waals surface area contributed by atoms with E-state index in [9.17, 15) is 24.9 Å². The van der Waals surface area contributed by atoms with Gasteiger partial charge in [-0.25, -0.2) is 0 Å². The Hall–Kier alpha value is -1.26. The van der Waals surface area contributed by atoms with Crippen LogP contribution in [0, 0.1) is 5.92 Å². The van der Waals surface area contributed by atoms with E-state index >= 15 is 0 Å². The van der Waals surface area contributed by atoms with Crippen molar-refractivity contribution >= 4 is 11.8 Å². The summed E-state index contributed by atoms with van der Waals surface area (Å²) in [6.45, 7) is 8.36. The minimum Gasteiger partial charge on any atom is -0.394 e. The molecule has 0 bridgehead atoms. The van der Waals surface area contributed by atoms with E-state index in [1.165, 1.54) is 122 Å². The van der Waals surface area contributed by atoms with E-state index in [1.807, 2.05) is 13.8 Å². The van der Waals surface area contributed by atoms with Gasteiger partial charge in [-0.15, -0.1) is 0 Å². The van der Waals surface area contributed by atoms with Gasteiger partial charge in [0.25, 0.3) is 0 Å². The molecule has 6 atom stereocenters. The molecule has 0 aromatic heterocycles. The standard InChI is InChI=1S/C42H83N3O6/c1-5-7-9-11-13-15-16-17-18-19-20-21-23-25-27-29-31-45(37(47)30-28-26-24-22-14-12-10-8-6-2)42-38(40(49)39(48)36(33-46)51-42)44-41(50)35(43)32-34(3)4/h34-36,38-40,42,46,48-49H,5-33,43H2,1-4H3,(H,44,50)/t35-,36+,38+,39+,40+,42?/m0/s1. The molecule has 0 saturated carbocycles. The third-order valence-electron chi connectivity index (χ3n) is 10.6. The minimum atomic E-state index is -1.43. The van der Waals surface area contributed by atoms with Crippen molar-refractivity contribution in [1.82, 2.24) is 10.2 Å². The average Bonchev–Trinajstić information content (AvgIpc) is 3.11. The van der Waals surface area contributed by atoms with Crippen LogP contribution in [0.3, 0.4) is 0 Å². The third kappa shape index (κ3) is 21.9. The second-order valence-corrected chi connectivity index (χ2v) is 16.0. The van der Waals surface area contributed by atoms with E-state index in [1.54, 1.807) is 4.90 Å².